The topological polar surface area (TPSA) is 111 Å². The summed E-state index contributed by atoms with van der Waals surface area (Å²) in [5.74, 6) is 1.45. The molecule has 0 unspecified atom stereocenters. The van der Waals surface area contributed by atoms with Gasteiger partial charge in [0.1, 0.15) is 11.5 Å². The molecule has 0 aliphatic carbocycles. The van der Waals surface area contributed by atoms with Crippen molar-refractivity contribution in [2.24, 2.45) is 0 Å². The molecule has 9 nitrogen and oxygen atoms in total. The molecule has 1 fully saturated rings. The van der Waals surface area contributed by atoms with E-state index in [-0.39, 0.29) is 22.4 Å². The Kier molecular flexibility index (Phi) is 6.79. The van der Waals surface area contributed by atoms with E-state index in [0.717, 1.165) is 48.3 Å². The number of fused-ring (bicyclic) bond motifs is 2. The molecule has 0 amide bonds. The average molecular weight is 523 g/mol. The normalized spacial score (nSPS) is 22.7. The molecule has 35 heavy (non-hydrogen) atoms. The van der Waals surface area contributed by atoms with Gasteiger partial charge in [0.15, 0.2) is 0 Å². The lowest BCUT2D eigenvalue weighted by atomic mass is 10.1. The van der Waals surface area contributed by atoms with Crippen LogP contribution >= 0.6 is 0 Å². The zero-order valence-corrected chi connectivity index (χ0v) is 21.2. The average Bonchev–Trinajstić information content (AvgIpc) is 3.20. The molecule has 3 aliphatic rings. The Balaban J connectivity index is 1.21. The maximum Gasteiger partial charge on any atom is 0.297 e. The number of sulfonamides is 1. The maximum atomic E-state index is 12.9. The molecule has 190 valence electrons. The molecule has 2 aromatic carbocycles. The highest BCUT2D eigenvalue weighted by Gasteiger charge is 2.35. The molecule has 1 saturated heterocycles. The molecule has 0 radical (unpaired) electrons. The number of hydrogen-bond donors (Lipinski definition) is 1. The number of ether oxygens (including phenoxy) is 2. The Hall–Kier alpha value is -2.18. The number of rotatable bonds is 7. The quantitative estimate of drug-likeness (QED) is 0.551. The van der Waals surface area contributed by atoms with E-state index in [1.807, 2.05) is 11.9 Å². The van der Waals surface area contributed by atoms with E-state index in [0.29, 0.717) is 26.2 Å². The van der Waals surface area contributed by atoms with E-state index in [9.17, 15) is 16.8 Å². The molecule has 3 heterocycles. The lowest BCUT2D eigenvalue weighted by Crippen LogP contribution is -2.38. The Bertz CT molecular complexity index is 1310. The Labute approximate surface area is 206 Å². The summed E-state index contributed by atoms with van der Waals surface area (Å²) < 4.78 is 70.9. The van der Waals surface area contributed by atoms with Gasteiger partial charge in [-0.3, -0.25) is 9.08 Å². The van der Waals surface area contributed by atoms with Crippen molar-refractivity contribution < 1.29 is 30.5 Å². The molecule has 0 bridgehead atoms. The number of aryl methyl sites for hydroxylation is 2. The van der Waals surface area contributed by atoms with Gasteiger partial charge in [-0.05, 0) is 86.7 Å². The highest BCUT2D eigenvalue weighted by atomic mass is 32.2. The fraction of sp³-hybridized carbons (Fsp3) is 0.500. The molecule has 2 aromatic rings. The maximum absolute atomic E-state index is 12.9. The van der Waals surface area contributed by atoms with Crippen molar-refractivity contribution >= 4 is 20.1 Å². The summed E-state index contributed by atoms with van der Waals surface area (Å²) >= 11 is 0. The fourth-order valence-electron chi connectivity index (χ4n) is 4.86. The van der Waals surface area contributed by atoms with Crippen molar-refractivity contribution in [2.75, 3.05) is 33.4 Å². The number of hydrogen-bond acceptors (Lipinski definition) is 8. The van der Waals surface area contributed by atoms with Crippen LogP contribution in [0.2, 0.25) is 0 Å². The molecule has 0 aromatic heterocycles. The van der Waals surface area contributed by atoms with Gasteiger partial charge < -0.3 is 9.47 Å². The van der Waals surface area contributed by atoms with Crippen LogP contribution in [0.15, 0.2) is 46.2 Å². The summed E-state index contributed by atoms with van der Waals surface area (Å²) in [5.41, 5.74) is 1.76. The lowest BCUT2D eigenvalue weighted by molar-refractivity contribution is 0.214. The van der Waals surface area contributed by atoms with Crippen molar-refractivity contribution in [1.29, 1.82) is 0 Å². The summed E-state index contributed by atoms with van der Waals surface area (Å²) in [5, 5.41) is 0. The van der Waals surface area contributed by atoms with Gasteiger partial charge in [0.2, 0.25) is 10.0 Å². The van der Waals surface area contributed by atoms with Gasteiger partial charge in [-0.1, -0.05) is 0 Å². The molecule has 11 heteroatoms. The summed E-state index contributed by atoms with van der Waals surface area (Å²) in [6.45, 7) is 1.82. The van der Waals surface area contributed by atoms with E-state index >= 15 is 0 Å². The second kappa shape index (κ2) is 9.70. The van der Waals surface area contributed by atoms with E-state index in [4.69, 9.17) is 13.7 Å². The van der Waals surface area contributed by atoms with Gasteiger partial charge in [-0.15, -0.1) is 0 Å². The Morgan fingerprint density at radius 2 is 1.54 bits per heavy atom. The SMILES string of the molecule is CN1C[C@H](OS(=O)(=O)c2ccc3c(c2)CCCO3)C[C@H]1CNS(=O)(=O)c1ccc2c(c1)CCCO2. The highest BCUT2D eigenvalue weighted by molar-refractivity contribution is 7.89. The molecule has 0 saturated carbocycles. The minimum Gasteiger partial charge on any atom is -0.493 e. The second-order valence-electron chi connectivity index (χ2n) is 9.30. The van der Waals surface area contributed by atoms with Crippen LogP contribution in [0.3, 0.4) is 0 Å². The van der Waals surface area contributed by atoms with Crippen LogP contribution in [0.25, 0.3) is 0 Å². The predicted octanol–water partition coefficient (Wildman–Crippen LogP) is 2.09. The van der Waals surface area contributed by atoms with Crippen molar-refractivity contribution in [3.8, 4) is 11.5 Å². The third-order valence-electron chi connectivity index (χ3n) is 6.78. The van der Waals surface area contributed by atoms with E-state index in [2.05, 4.69) is 4.72 Å². The predicted molar refractivity (Wildman–Crippen MR) is 129 cm³/mol. The Morgan fingerprint density at radius 1 is 0.943 bits per heavy atom. The summed E-state index contributed by atoms with van der Waals surface area (Å²) in [4.78, 5) is 2.24. The van der Waals surface area contributed by atoms with Crippen LogP contribution in [0, 0.1) is 0 Å². The van der Waals surface area contributed by atoms with Crippen LogP contribution < -0.4 is 14.2 Å². The molecule has 0 spiro atoms. The van der Waals surface area contributed by atoms with Crippen molar-refractivity contribution in [3.63, 3.8) is 0 Å². The molecule has 5 rings (SSSR count). The third-order valence-corrected chi connectivity index (χ3v) is 9.56. The van der Waals surface area contributed by atoms with Crippen LogP contribution in [0.4, 0.5) is 0 Å². The first kappa shape index (κ1) is 24.5. The summed E-state index contributed by atoms with van der Waals surface area (Å²) in [6, 6.07) is 9.53. The zero-order valence-electron chi connectivity index (χ0n) is 19.6. The second-order valence-corrected chi connectivity index (χ2v) is 12.6. The first-order valence-electron chi connectivity index (χ1n) is 11.9. The molecule has 3 aliphatic heterocycles. The van der Waals surface area contributed by atoms with Gasteiger partial charge in [-0.2, -0.15) is 8.42 Å². The van der Waals surface area contributed by atoms with E-state index < -0.39 is 26.2 Å². The number of nitrogens with zero attached hydrogens (tertiary/aromatic N) is 1. The summed E-state index contributed by atoms with van der Waals surface area (Å²) in [7, 11) is -5.83. The van der Waals surface area contributed by atoms with Gasteiger partial charge in [0, 0.05) is 19.1 Å². The van der Waals surface area contributed by atoms with Crippen molar-refractivity contribution in [2.45, 2.75) is 54.0 Å². The monoisotopic (exact) mass is 522 g/mol. The van der Waals surface area contributed by atoms with Gasteiger partial charge in [-0.25, -0.2) is 13.1 Å². The first-order valence-corrected chi connectivity index (χ1v) is 14.7. The largest absolute Gasteiger partial charge is 0.493 e. The van der Waals surface area contributed by atoms with Gasteiger partial charge >= 0.3 is 0 Å². The third kappa shape index (κ3) is 5.34. The highest BCUT2D eigenvalue weighted by Crippen LogP contribution is 2.30. The van der Waals surface area contributed by atoms with Crippen LogP contribution in [-0.4, -0.2) is 67.2 Å². The van der Waals surface area contributed by atoms with E-state index in [1.165, 1.54) is 6.07 Å². The van der Waals surface area contributed by atoms with Crippen molar-refractivity contribution in [1.82, 2.24) is 9.62 Å². The Morgan fingerprint density at radius 3 is 2.20 bits per heavy atom. The first-order chi connectivity index (χ1) is 16.7. The standard InChI is InChI=1S/C24H30N2O7S2/c1-26-16-20(33-35(29,30)22-7-9-24-18(13-22)5-3-11-32-24)14-19(26)15-25-34(27,28)21-6-8-23-17(12-21)4-2-10-31-23/h6-9,12-13,19-20,25H,2-5,10-11,14-16H2,1H3/t19-,20+/m0/s1. The fourth-order valence-corrected chi connectivity index (χ4v) is 7.11. The lowest BCUT2D eigenvalue weighted by Gasteiger charge is -2.20. The summed E-state index contributed by atoms with van der Waals surface area (Å²) in [6.07, 6.45) is 3.10. The number of likely N-dealkylation sites (N-methyl/N-ethyl adjacent to an activating group) is 1. The number of nitrogens with one attached hydrogen (secondary N) is 1. The molecular weight excluding hydrogens is 492 g/mol. The van der Waals surface area contributed by atoms with Gasteiger partial charge in [0.05, 0.1) is 29.1 Å². The molecule has 2 atom stereocenters. The number of likely N-dealkylation sites (tertiary alicyclic amines) is 1. The zero-order chi connectivity index (χ0) is 24.6. The van der Waals surface area contributed by atoms with Crippen LogP contribution in [0.5, 0.6) is 11.5 Å². The number of benzene rings is 2. The van der Waals surface area contributed by atoms with Crippen molar-refractivity contribution in [3.05, 3.63) is 47.5 Å². The van der Waals surface area contributed by atoms with Crippen LogP contribution in [0.1, 0.15) is 30.4 Å². The van der Waals surface area contributed by atoms with Gasteiger partial charge in [0.25, 0.3) is 10.1 Å². The van der Waals surface area contributed by atoms with Crippen LogP contribution in [-0.2, 0) is 37.2 Å². The smallest absolute Gasteiger partial charge is 0.297 e. The minimum absolute atomic E-state index is 0.116. The minimum atomic E-state index is -3.95. The van der Waals surface area contributed by atoms with E-state index in [1.54, 1.807) is 30.3 Å². The molecular formula is C24H30N2O7S2. The molecule has 1 N–H and O–H groups in total.